The molecule has 0 atom stereocenters. The lowest BCUT2D eigenvalue weighted by Gasteiger charge is -2.14. The fourth-order valence-electron chi connectivity index (χ4n) is 1.63. The van der Waals surface area contributed by atoms with Gasteiger partial charge in [-0.05, 0) is 6.42 Å². The Bertz CT molecular complexity index is 148. The van der Waals surface area contributed by atoms with E-state index in [1.807, 2.05) is 0 Å². The molecule has 0 amide bonds. The minimum absolute atomic E-state index is 0.189. The topological polar surface area (TPSA) is 0 Å². The average molecular weight is 195 g/mol. The Balaban J connectivity index is 4.16. The molecule has 0 saturated carbocycles. The Labute approximate surface area is 86.5 Å². The van der Waals surface area contributed by atoms with Crippen LogP contribution in [0.2, 0.25) is 32.1 Å². The van der Waals surface area contributed by atoms with Crippen LogP contribution in [-0.4, -0.2) is 15.5 Å². The summed E-state index contributed by atoms with van der Waals surface area (Å²) in [5, 5.41) is 1.76. The molecule has 0 unspecified atom stereocenters. The van der Waals surface area contributed by atoms with E-state index in [1.165, 1.54) is 25.4 Å². The van der Waals surface area contributed by atoms with E-state index in [2.05, 4.69) is 39.9 Å². The molecular formula is C11H24BSi. The van der Waals surface area contributed by atoms with Gasteiger partial charge >= 0.3 is 0 Å². The van der Waals surface area contributed by atoms with E-state index in [0.717, 1.165) is 6.71 Å². The molecule has 0 aromatic rings. The largest absolute Gasteiger partial charge is 0.143 e. The number of allylic oxidation sites excluding steroid dienone is 2. The summed E-state index contributed by atoms with van der Waals surface area (Å²) in [5.41, 5.74) is 0. The first-order valence-corrected chi connectivity index (χ1v) is 8.15. The second kappa shape index (κ2) is 7.43. The molecule has 1 radical (unpaired) electrons. The molecule has 0 aliphatic rings. The van der Waals surface area contributed by atoms with Crippen LogP contribution < -0.4 is 0 Å². The molecule has 75 valence electrons. The number of hydrogen-bond acceptors (Lipinski definition) is 0. The van der Waals surface area contributed by atoms with Crippen LogP contribution >= 0.6 is 0 Å². The van der Waals surface area contributed by atoms with Crippen molar-refractivity contribution in [3.05, 3.63) is 11.3 Å². The van der Waals surface area contributed by atoms with Gasteiger partial charge in [-0.1, -0.05) is 64.1 Å². The van der Waals surface area contributed by atoms with Gasteiger partial charge in [0.15, 0.2) is 0 Å². The van der Waals surface area contributed by atoms with Crippen LogP contribution in [0.4, 0.5) is 0 Å². The Morgan fingerprint density at radius 2 is 1.69 bits per heavy atom. The molecule has 0 saturated heterocycles. The SMILES string of the molecule is CC/C=C(\CB(CC)CC)[Si](C)C. The number of rotatable bonds is 6. The van der Waals surface area contributed by atoms with Crippen molar-refractivity contribution in [3.8, 4) is 0 Å². The Morgan fingerprint density at radius 3 is 2.00 bits per heavy atom. The summed E-state index contributed by atoms with van der Waals surface area (Å²) >= 11 is 0. The Kier molecular flexibility index (Phi) is 7.44. The monoisotopic (exact) mass is 195 g/mol. The molecule has 2 heteroatoms. The molecule has 0 bridgehead atoms. The van der Waals surface area contributed by atoms with Crippen LogP contribution in [0.15, 0.2) is 11.3 Å². The van der Waals surface area contributed by atoms with Crippen molar-refractivity contribution in [2.45, 2.75) is 59.2 Å². The lowest BCUT2D eigenvalue weighted by molar-refractivity contribution is 1.19. The molecule has 0 fully saturated rings. The molecule has 0 rings (SSSR count). The van der Waals surface area contributed by atoms with Crippen LogP contribution in [0.1, 0.15) is 27.2 Å². The summed E-state index contributed by atoms with van der Waals surface area (Å²) in [6.07, 6.45) is 7.72. The zero-order chi connectivity index (χ0) is 10.3. The minimum atomic E-state index is -0.189. The summed E-state index contributed by atoms with van der Waals surface area (Å²) in [6.45, 7) is 12.6. The summed E-state index contributed by atoms with van der Waals surface area (Å²) in [6, 6.07) is 0. The molecule has 0 spiro atoms. The second-order valence-corrected chi connectivity index (χ2v) is 6.67. The van der Waals surface area contributed by atoms with Crippen LogP contribution in [0, 0.1) is 0 Å². The molecule has 13 heavy (non-hydrogen) atoms. The normalized spacial score (nSPS) is 12.3. The van der Waals surface area contributed by atoms with E-state index >= 15 is 0 Å². The first kappa shape index (κ1) is 13.0. The van der Waals surface area contributed by atoms with Gasteiger partial charge in [-0.3, -0.25) is 0 Å². The zero-order valence-electron chi connectivity index (χ0n) is 9.98. The smallest absolute Gasteiger partial charge is 0.0939 e. The lowest BCUT2D eigenvalue weighted by atomic mass is 9.43. The predicted octanol–water partition coefficient (Wildman–Crippen LogP) is 4.15. The maximum absolute atomic E-state index is 2.46. The van der Waals surface area contributed by atoms with Crippen LogP contribution in [-0.2, 0) is 0 Å². The van der Waals surface area contributed by atoms with Gasteiger partial charge < -0.3 is 0 Å². The predicted molar refractivity (Wildman–Crippen MR) is 67.4 cm³/mol. The van der Waals surface area contributed by atoms with Crippen molar-refractivity contribution in [1.82, 2.24) is 0 Å². The zero-order valence-corrected chi connectivity index (χ0v) is 11.0. The quantitative estimate of drug-likeness (QED) is 0.558. The summed E-state index contributed by atoms with van der Waals surface area (Å²) < 4.78 is 0. The van der Waals surface area contributed by atoms with Crippen LogP contribution in [0.3, 0.4) is 0 Å². The van der Waals surface area contributed by atoms with Crippen molar-refractivity contribution in [3.63, 3.8) is 0 Å². The molecule has 0 N–H and O–H groups in total. The van der Waals surface area contributed by atoms with Gasteiger partial charge in [0.25, 0.3) is 0 Å². The molecule has 0 aliphatic carbocycles. The highest BCUT2D eigenvalue weighted by Crippen LogP contribution is 2.16. The summed E-state index contributed by atoms with van der Waals surface area (Å²) in [4.78, 5) is 0. The maximum atomic E-state index is 2.46. The maximum Gasteiger partial charge on any atom is 0.143 e. The van der Waals surface area contributed by atoms with Crippen LogP contribution in [0.25, 0.3) is 0 Å². The third kappa shape index (κ3) is 5.35. The first-order chi connectivity index (χ1) is 6.15. The third-order valence-corrected chi connectivity index (χ3v) is 4.45. The van der Waals surface area contributed by atoms with Gasteiger partial charge in [0.05, 0.1) is 8.80 Å². The Morgan fingerprint density at radius 1 is 1.15 bits per heavy atom. The van der Waals surface area contributed by atoms with Crippen molar-refractivity contribution in [1.29, 1.82) is 0 Å². The molecule has 0 aromatic carbocycles. The number of hydrogen-bond donors (Lipinski definition) is 0. The lowest BCUT2D eigenvalue weighted by Crippen LogP contribution is -2.16. The van der Waals surface area contributed by atoms with Crippen molar-refractivity contribution in [2.75, 3.05) is 0 Å². The minimum Gasteiger partial charge on any atom is -0.0939 e. The van der Waals surface area contributed by atoms with Gasteiger partial charge in [-0.15, -0.1) is 0 Å². The third-order valence-electron chi connectivity index (χ3n) is 2.76. The van der Waals surface area contributed by atoms with Gasteiger partial charge in [-0.2, -0.15) is 0 Å². The van der Waals surface area contributed by atoms with Crippen molar-refractivity contribution >= 4 is 15.5 Å². The van der Waals surface area contributed by atoms with Crippen LogP contribution in [0.5, 0.6) is 0 Å². The van der Waals surface area contributed by atoms with E-state index in [9.17, 15) is 0 Å². The standard InChI is InChI=1S/C11H24BSi/c1-6-9-11(13(4)5)10-12(7-2)8-3/h9H,6-8,10H2,1-5H3/b11-9+. The molecular weight excluding hydrogens is 171 g/mol. The fraction of sp³-hybridized carbons (Fsp3) is 0.818. The average Bonchev–Trinajstić information content (AvgIpc) is 2.11. The highest BCUT2D eigenvalue weighted by molar-refractivity contribution is 6.69. The van der Waals surface area contributed by atoms with E-state index in [-0.39, 0.29) is 8.80 Å². The highest BCUT2D eigenvalue weighted by atomic mass is 28.3. The van der Waals surface area contributed by atoms with Gasteiger partial charge in [0.2, 0.25) is 0 Å². The first-order valence-electron chi connectivity index (χ1n) is 5.65. The van der Waals surface area contributed by atoms with E-state index in [1.54, 1.807) is 5.20 Å². The molecule has 0 aliphatic heterocycles. The van der Waals surface area contributed by atoms with E-state index < -0.39 is 0 Å². The fourth-order valence-corrected chi connectivity index (χ4v) is 2.94. The van der Waals surface area contributed by atoms with Gasteiger partial charge in [-0.25, -0.2) is 0 Å². The van der Waals surface area contributed by atoms with Crippen molar-refractivity contribution < 1.29 is 0 Å². The molecule has 0 nitrogen and oxygen atoms in total. The molecule has 0 aromatic heterocycles. The Hall–Kier alpha value is 0.0218. The highest BCUT2D eigenvalue weighted by Gasteiger charge is 2.13. The second-order valence-electron chi connectivity index (χ2n) is 4.02. The van der Waals surface area contributed by atoms with Gasteiger partial charge in [0, 0.05) is 0 Å². The van der Waals surface area contributed by atoms with E-state index in [0.29, 0.717) is 0 Å². The van der Waals surface area contributed by atoms with Gasteiger partial charge in [0.1, 0.15) is 6.71 Å². The summed E-state index contributed by atoms with van der Waals surface area (Å²) in [5.74, 6) is 0. The van der Waals surface area contributed by atoms with Crippen molar-refractivity contribution in [2.24, 2.45) is 0 Å². The van der Waals surface area contributed by atoms with E-state index in [4.69, 9.17) is 0 Å². The molecule has 0 heterocycles. The summed E-state index contributed by atoms with van der Waals surface area (Å²) in [7, 11) is -0.189.